The first-order valence-corrected chi connectivity index (χ1v) is 7.56. The normalized spacial score (nSPS) is 18.4. The van der Waals surface area contributed by atoms with Gasteiger partial charge in [0.1, 0.15) is 0 Å². The van der Waals surface area contributed by atoms with E-state index in [4.69, 9.17) is 5.73 Å². The van der Waals surface area contributed by atoms with Crippen molar-refractivity contribution >= 4 is 5.91 Å². The first-order chi connectivity index (χ1) is 9.52. The van der Waals surface area contributed by atoms with E-state index in [0.717, 1.165) is 25.7 Å². The minimum absolute atomic E-state index is 0.0803. The molecule has 3 heteroatoms. The Hall–Kier alpha value is -1.35. The quantitative estimate of drug-likeness (QED) is 0.865. The monoisotopic (exact) mass is 274 g/mol. The molecule has 0 aliphatic heterocycles. The highest BCUT2D eigenvalue weighted by molar-refractivity contribution is 5.79. The number of nitrogens with two attached hydrogens (primary N) is 1. The van der Waals surface area contributed by atoms with Gasteiger partial charge in [0.25, 0.3) is 0 Å². The highest BCUT2D eigenvalue weighted by atomic mass is 16.1. The minimum Gasteiger partial charge on any atom is -0.355 e. The molecule has 0 radical (unpaired) electrons. The summed E-state index contributed by atoms with van der Waals surface area (Å²) in [4.78, 5) is 12.3. The maximum Gasteiger partial charge on any atom is 0.223 e. The molecule has 0 saturated carbocycles. The van der Waals surface area contributed by atoms with Crippen molar-refractivity contribution in [2.45, 2.75) is 39.5 Å². The van der Waals surface area contributed by atoms with Crippen molar-refractivity contribution in [2.24, 2.45) is 17.1 Å². The van der Waals surface area contributed by atoms with Gasteiger partial charge in [0.2, 0.25) is 5.91 Å². The Morgan fingerprint density at radius 3 is 2.75 bits per heavy atom. The summed E-state index contributed by atoms with van der Waals surface area (Å²) in [6.07, 6.45) is 3.78. The molecule has 0 aromatic heterocycles. The fourth-order valence-corrected chi connectivity index (χ4v) is 2.87. The van der Waals surface area contributed by atoms with Gasteiger partial charge in [-0.3, -0.25) is 4.79 Å². The summed E-state index contributed by atoms with van der Waals surface area (Å²) < 4.78 is 0. The molecule has 3 nitrogen and oxygen atoms in total. The number of amides is 1. The van der Waals surface area contributed by atoms with E-state index in [9.17, 15) is 4.79 Å². The van der Waals surface area contributed by atoms with E-state index in [-0.39, 0.29) is 17.2 Å². The van der Waals surface area contributed by atoms with Crippen LogP contribution < -0.4 is 11.1 Å². The van der Waals surface area contributed by atoms with Gasteiger partial charge in [0.15, 0.2) is 0 Å². The van der Waals surface area contributed by atoms with Gasteiger partial charge >= 0.3 is 0 Å². The molecule has 3 N–H and O–H groups in total. The highest BCUT2D eigenvalue weighted by Crippen LogP contribution is 2.26. The first-order valence-electron chi connectivity index (χ1n) is 7.56. The van der Waals surface area contributed by atoms with E-state index in [0.29, 0.717) is 13.1 Å². The topological polar surface area (TPSA) is 55.1 Å². The molecule has 0 spiro atoms. The van der Waals surface area contributed by atoms with Crippen LogP contribution >= 0.6 is 0 Å². The lowest BCUT2D eigenvalue weighted by atomic mass is 9.83. The zero-order valence-electron chi connectivity index (χ0n) is 12.6. The van der Waals surface area contributed by atoms with Crippen molar-refractivity contribution in [3.8, 4) is 0 Å². The van der Waals surface area contributed by atoms with Gasteiger partial charge in [-0.05, 0) is 48.8 Å². The van der Waals surface area contributed by atoms with Crippen LogP contribution in [0.5, 0.6) is 0 Å². The summed E-state index contributed by atoms with van der Waals surface area (Å²) in [6, 6.07) is 8.46. The third-order valence-electron chi connectivity index (χ3n) is 4.28. The Morgan fingerprint density at radius 1 is 1.35 bits per heavy atom. The Kier molecular flexibility index (Phi) is 4.81. The number of rotatable bonds is 5. The van der Waals surface area contributed by atoms with E-state index < -0.39 is 0 Å². The zero-order valence-corrected chi connectivity index (χ0v) is 12.6. The third kappa shape index (κ3) is 3.83. The van der Waals surface area contributed by atoms with Crippen molar-refractivity contribution in [3.63, 3.8) is 0 Å². The second-order valence-electron chi connectivity index (χ2n) is 6.63. The molecule has 1 aliphatic carbocycles. The van der Waals surface area contributed by atoms with Crippen LogP contribution in [0.1, 0.15) is 37.8 Å². The summed E-state index contributed by atoms with van der Waals surface area (Å²) >= 11 is 0. The maximum absolute atomic E-state index is 12.3. The fourth-order valence-electron chi connectivity index (χ4n) is 2.87. The first kappa shape index (κ1) is 15.0. The van der Waals surface area contributed by atoms with Crippen molar-refractivity contribution in [1.29, 1.82) is 0 Å². The average Bonchev–Trinajstić information content (AvgIpc) is 2.44. The van der Waals surface area contributed by atoms with Crippen LogP contribution in [0.2, 0.25) is 0 Å². The van der Waals surface area contributed by atoms with Crippen LogP contribution in [-0.2, 0) is 17.6 Å². The number of benzene rings is 1. The molecule has 0 bridgehead atoms. The number of fused-ring (bicyclic) bond motifs is 1. The number of aryl methyl sites for hydroxylation is 1. The molecule has 20 heavy (non-hydrogen) atoms. The molecule has 0 fully saturated rings. The Bertz CT molecular complexity index is 468. The molecule has 1 unspecified atom stereocenters. The molecule has 1 aromatic carbocycles. The molecule has 0 saturated heterocycles. The minimum atomic E-state index is 0.0803. The van der Waals surface area contributed by atoms with E-state index in [1.807, 2.05) is 0 Å². The predicted molar refractivity (Wildman–Crippen MR) is 82.4 cm³/mol. The van der Waals surface area contributed by atoms with Crippen LogP contribution in [-0.4, -0.2) is 19.0 Å². The molecular weight excluding hydrogens is 248 g/mol. The molecule has 1 atom stereocenters. The number of hydrogen-bond donors (Lipinski definition) is 2. The summed E-state index contributed by atoms with van der Waals surface area (Å²) in [6.45, 7) is 5.67. The van der Waals surface area contributed by atoms with Crippen molar-refractivity contribution in [1.82, 2.24) is 5.32 Å². The summed E-state index contributed by atoms with van der Waals surface area (Å²) in [5, 5.41) is 3.11. The summed E-state index contributed by atoms with van der Waals surface area (Å²) in [5.74, 6) is 0.322. The molecule has 2 rings (SSSR count). The SMILES string of the molecule is CC(C)(CCN)CNC(=O)C1CCc2ccccc2C1. The van der Waals surface area contributed by atoms with Gasteiger partial charge in [0, 0.05) is 12.5 Å². The number of carbonyl (C=O) groups is 1. The maximum atomic E-state index is 12.3. The fraction of sp³-hybridized carbons (Fsp3) is 0.588. The molecule has 110 valence electrons. The Labute approximate surface area is 121 Å². The van der Waals surface area contributed by atoms with Gasteiger partial charge in [-0.1, -0.05) is 38.1 Å². The predicted octanol–water partition coefficient (Wildman–Crippen LogP) is 2.28. The van der Waals surface area contributed by atoms with E-state index in [2.05, 4.69) is 43.4 Å². The highest BCUT2D eigenvalue weighted by Gasteiger charge is 2.26. The van der Waals surface area contributed by atoms with Crippen molar-refractivity contribution in [3.05, 3.63) is 35.4 Å². The van der Waals surface area contributed by atoms with Gasteiger partial charge in [0.05, 0.1) is 0 Å². The Morgan fingerprint density at radius 2 is 2.05 bits per heavy atom. The van der Waals surface area contributed by atoms with Gasteiger partial charge in [-0.15, -0.1) is 0 Å². The average molecular weight is 274 g/mol. The van der Waals surface area contributed by atoms with E-state index in [1.165, 1.54) is 11.1 Å². The molecule has 1 aromatic rings. The smallest absolute Gasteiger partial charge is 0.223 e. The molecule has 1 aliphatic rings. The third-order valence-corrected chi connectivity index (χ3v) is 4.28. The molecular formula is C17H26N2O. The van der Waals surface area contributed by atoms with Crippen LogP contribution in [0.3, 0.4) is 0 Å². The number of nitrogens with one attached hydrogen (secondary N) is 1. The second kappa shape index (κ2) is 6.40. The lowest BCUT2D eigenvalue weighted by molar-refractivity contribution is -0.125. The van der Waals surface area contributed by atoms with Crippen molar-refractivity contribution < 1.29 is 4.79 Å². The molecule has 0 heterocycles. The van der Waals surface area contributed by atoms with Crippen LogP contribution in [0.25, 0.3) is 0 Å². The van der Waals surface area contributed by atoms with Gasteiger partial charge in [-0.25, -0.2) is 0 Å². The van der Waals surface area contributed by atoms with Gasteiger partial charge < -0.3 is 11.1 Å². The van der Waals surface area contributed by atoms with Crippen LogP contribution in [0.15, 0.2) is 24.3 Å². The largest absolute Gasteiger partial charge is 0.355 e. The Balaban J connectivity index is 1.89. The standard InChI is InChI=1S/C17H26N2O/c1-17(2,9-10-18)12-19-16(20)15-8-7-13-5-3-4-6-14(13)11-15/h3-6,15H,7-12,18H2,1-2H3,(H,19,20). The lowest BCUT2D eigenvalue weighted by Crippen LogP contribution is -2.40. The number of carbonyl (C=O) groups excluding carboxylic acids is 1. The van der Waals surface area contributed by atoms with Crippen LogP contribution in [0.4, 0.5) is 0 Å². The van der Waals surface area contributed by atoms with Crippen molar-refractivity contribution in [2.75, 3.05) is 13.1 Å². The molecule has 1 amide bonds. The summed E-state index contributed by atoms with van der Waals surface area (Å²) in [5.41, 5.74) is 8.42. The van der Waals surface area contributed by atoms with Crippen LogP contribution in [0, 0.1) is 11.3 Å². The van der Waals surface area contributed by atoms with E-state index >= 15 is 0 Å². The zero-order chi connectivity index (χ0) is 14.6. The number of hydrogen-bond acceptors (Lipinski definition) is 2. The lowest BCUT2D eigenvalue weighted by Gasteiger charge is -2.28. The second-order valence-corrected chi connectivity index (χ2v) is 6.63. The van der Waals surface area contributed by atoms with E-state index in [1.54, 1.807) is 0 Å². The van der Waals surface area contributed by atoms with Gasteiger partial charge in [-0.2, -0.15) is 0 Å². The summed E-state index contributed by atoms with van der Waals surface area (Å²) in [7, 11) is 0.